The number of nitrogens with one attached hydrogen (secondary N) is 1. The highest BCUT2D eigenvalue weighted by atomic mass is 32.2. The molecule has 0 spiro atoms. The third-order valence-corrected chi connectivity index (χ3v) is 6.26. The van der Waals surface area contributed by atoms with E-state index in [0.29, 0.717) is 37.7 Å². The second-order valence-corrected chi connectivity index (χ2v) is 9.13. The van der Waals surface area contributed by atoms with Crippen LogP contribution in [-0.2, 0) is 9.53 Å². The lowest BCUT2D eigenvalue weighted by atomic mass is 9.59. The van der Waals surface area contributed by atoms with Gasteiger partial charge >= 0.3 is 11.5 Å². The number of esters is 1. The molecule has 0 aromatic rings. The van der Waals surface area contributed by atoms with Gasteiger partial charge in [0.15, 0.2) is 11.9 Å². The summed E-state index contributed by atoms with van der Waals surface area (Å²) in [5, 5.41) is 11.1. The maximum Gasteiger partial charge on any atom is 0.496 e. The predicted molar refractivity (Wildman–Crippen MR) is 95.1 cm³/mol. The van der Waals surface area contributed by atoms with Crippen LogP contribution < -0.4 is 4.47 Å². The number of fused-ring (bicyclic) bond motifs is 2. The lowest BCUT2D eigenvalue weighted by Crippen LogP contribution is -3.01. The van der Waals surface area contributed by atoms with Crippen LogP contribution in [-0.4, -0.2) is 24.6 Å². The monoisotopic (exact) mass is 397 g/mol. The first-order chi connectivity index (χ1) is 12.2. The van der Waals surface area contributed by atoms with Crippen molar-refractivity contribution < 1.29 is 27.2 Å². The Kier molecular flexibility index (Phi) is 8.09. The Bertz CT molecular complexity index is 459. The van der Waals surface area contributed by atoms with Crippen LogP contribution >= 0.6 is 11.9 Å². The fourth-order valence-electron chi connectivity index (χ4n) is 4.68. The van der Waals surface area contributed by atoms with Gasteiger partial charge < -0.3 is 14.4 Å². The van der Waals surface area contributed by atoms with Crippen LogP contribution in [0.5, 0.6) is 0 Å². The predicted octanol–water partition coefficient (Wildman–Crippen LogP) is 4.25. The van der Waals surface area contributed by atoms with E-state index < -0.39 is 21.9 Å². The average molecular weight is 398 g/mol. The van der Waals surface area contributed by atoms with Crippen molar-refractivity contribution in [3.05, 3.63) is 5.21 Å². The molecule has 4 nitrogen and oxygen atoms in total. The average Bonchev–Trinajstić information content (AvgIpc) is 2.51. The van der Waals surface area contributed by atoms with E-state index in [1.54, 1.807) is 0 Å². The number of unbranched alkanes of at least 4 members (excludes halogenated alkanes) is 3. The van der Waals surface area contributed by atoms with E-state index in [0.717, 1.165) is 32.1 Å². The Morgan fingerprint density at radius 3 is 2.73 bits per heavy atom. The normalized spacial score (nSPS) is 30.0. The van der Waals surface area contributed by atoms with Crippen LogP contribution in [0, 0.1) is 22.5 Å². The standard InChI is InChI=1S/C18H30F3NO3S/c1-14-11-15-7-6-8-17(12-14,13-15)16(23)25-10-5-3-2-4-9-22(24)26-18(19,20)21/h14-15,22H,2-13H2,1H3. The summed E-state index contributed by atoms with van der Waals surface area (Å²) in [4.78, 5) is 12.6. The Morgan fingerprint density at radius 2 is 2.00 bits per heavy atom. The Hall–Kier alpha value is -0.470. The highest BCUT2D eigenvalue weighted by Crippen LogP contribution is 2.51. The van der Waals surface area contributed by atoms with Crippen LogP contribution in [0.4, 0.5) is 13.2 Å². The molecule has 1 N–H and O–H groups in total. The smallest absolute Gasteiger partial charge is 0.496 e. The fraction of sp³-hybridized carbons (Fsp3) is 0.944. The van der Waals surface area contributed by atoms with Crippen molar-refractivity contribution in [1.29, 1.82) is 0 Å². The van der Waals surface area contributed by atoms with Gasteiger partial charge in [0.2, 0.25) is 0 Å². The summed E-state index contributed by atoms with van der Waals surface area (Å²) in [7, 11) is 0. The number of rotatable bonds is 9. The number of hydrogen-bond acceptors (Lipinski definition) is 4. The molecule has 2 aliphatic rings. The van der Waals surface area contributed by atoms with Crippen molar-refractivity contribution in [3.8, 4) is 0 Å². The number of ether oxygens (including phenoxy) is 1. The molecule has 2 aliphatic carbocycles. The van der Waals surface area contributed by atoms with E-state index in [2.05, 4.69) is 6.92 Å². The van der Waals surface area contributed by atoms with Crippen molar-refractivity contribution in [2.75, 3.05) is 13.2 Å². The first kappa shape index (κ1) is 21.8. The van der Waals surface area contributed by atoms with E-state index in [-0.39, 0.29) is 17.9 Å². The molecule has 8 heteroatoms. The molecule has 26 heavy (non-hydrogen) atoms. The molecule has 4 atom stereocenters. The van der Waals surface area contributed by atoms with Gasteiger partial charge in [-0.2, -0.15) is 13.2 Å². The van der Waals surface area contributed by atoms with Crippen LogP contribution in [0.3, 0.4) is 0 Å². The summed E-state index contributed by atoms with van der Waals surface area (Å²) in [5.41, 5.74) is -4.76. The molecule has 0 amide bonds. The molecule has 0 aromatic carbocycles. The lowest BCUT2D eigenvalue weighted by molar-refractivity contribution is -0.698. The Balaban J connectivity index is 1.58. The molecule has 0 aromatic heterocycles. The lowest BCUT2D eigenvalue weighted by Gasteiger charge is -2.45. The van der Waals surface area contributed by atoms with Gasteiger partial charge in [-0.1, -0.05) is 19.8 Å². The first-order valence-corrected chi connectivity index (χ1v) is 10.5. The number of quaternary nitrogens is 1. The van der Waals surface area contributed by atoms with E-state index >= 15 is 0 Å². The van der Waals surface area contributed by atoms with Gasteiger partial charge in [-0.3, -0.25) is 4.79 Å². The summed E-state index contributed by atoms with van der Waals surface area (Å²) in [6, 6.07) is 0. The molecule has 0 aliphatic heterocycles. The van der Waals surface area contributed by atoms with E-state index in [9.17, 15) is 23.2 Å². The minimum atomic E-state index is -4.49. The minimum absolute atomic E-state index is 0.0505. The number of halogens is 3. The second kappa shape index (κ2) is 9.64. The van der Waals surface area contributed by atoms with Gasteiger partial charge in [0.25, 0.3) is 0 Å². The third kappa shape index (κ3) is 6.93. The zero-order valence-corrected chi connectivity index (χ0v) is 16.2. The zero-order chi connectivity index (χ0) is 19.2. The summed E-state index contributed by atoms with van der Waals surface area (Å²) in [5.74, 6) is 1.19. The Morgan fingerprint density at radius 1 is 1.27 bits per heavy atom. The Labute approximate surface area is 157 Å². The van der Waals surface area contributed by atoms with Gasteiger partial charge in [0, 0.05) is 0 Å². The number of alkyl halides is 3. The van der Waals surface area contributed by atoms with Gasteiger partial charge in [-0.15, -0.1) is 0 Å². The van der Waals surface area contributed by atoms with Crippen molar-refractivity contribution in [2.45, 2.75) is 76.6 Å². The molecule has 0 saturated heterocycles. The van der Waals surface area contributed by atoms with Crippen LogP contribution in [0.15, 0.2) is 0 Å². The maximum absolute atomic E-state index is 12.6. The molecule has 2 rings (SSSR count). The molecule has 2 saturated carbocycles. The zero-order valence-electron chi connectivity index (χ0n) is 15.4. The molecule has 152 valence electrons. The second-order valence-electron chi connectivity index (χ2n) is 8.01. The summed E-state index contributed by atoms with van der Waals surface area (Å²) >= 11 is -0.556. The fourth-order valence-corrected chi connectivity index (χ4v) is 5.19. The number of hydroxylamine groups is 1. The van der Waals surface area contributed by atoms with Crippen molar-refractivity contribution in [2.24, 2.45) is 17.3 Å². The summed E-state index contributed by atoms with van der Waals surface area (Å²) in [6.07, 6.45) is 8.96. The van der Waals surface area contributed by atoms with E-state index in [1.165, 1.54) is 12.8 Å². The van der Waals surface area contributed by atoms with Gasteiger partial charge in [0.1, 0.15) is 0 Å². The quantitative estimate of drug-likeness (QED) is 0.274. The van der Waals surface area contributed by atoms with Gasteiger partial charge in [0.05, 0.1) is 18.6 Å². The molecule has 0 heterocycles. The SMILES string of the molecule is CC1CC2CCCC(C(=O)OCCCCCC[NH+]([O-])SC(F)(F)F)(C1)C2. The number of carbonyl (C=O) groups excluding carboxylic acids is 1. The van der Waals surface area contributed by atoms with Crippen LogP contribution in [0.2, 0.25) is 0 Å². The highest BCUT2D eigenvalue weighted by Gasteiger charge is 2.48. The van der Waals surface area contributed by atoms with Crippen molar-refractivity contribution >= 4 is 17.9 Å². The van der Waals surface area contributed by atoms with Gasteiger partial charge in [-0.05, 0) is 63.2 Å². The number of carbonyl (C=O) groups is 1. The maximum atomic E-state index is 12.6. The summed E-state index contributed by atoms with van der Waals surface area (Å²) < 4.78 is 40.8. The van der Waals surface area contributed by atoms with E-state index in [4.69, 9.17) is 4.74 Å². The highest BCUT2D eigenvalue weighted by molar-refractivity contribution is 7.93. The number of hydrogen-bond donors (Lipinski definition) is 1. The molecule has 0 radical (unpaired) electrons. The molecular formula is C18H30F3NO3S. The first-order valence-electron chi connectivity index (χ1n) is 9.66. The van der Waals surface area contributed by atoms with Crippen molar-refractivity contribution in [1.82, 2.24) is 0 Å². The minimum Gasteiger partial charge on any atom is -0.621 e. The molecule has 4 unspecified atom stereocenters. The third-order valence-electron chi connectivity index (χ3n) is 5.59. The van der Waals surface area contributed by atoms with Crippen LogP contribution in [0.25, 0.3) is 0 Å². The van der Waals surface area contributed by atoms with Crippen molar-refractivity contribution in [3.63, 3.8) is 0 Å². The van der Waals surface area contributed by atoms with E-state index in [1.807, 2.05) is 0 Å². The topological polar surface area (TPSA) is 53.8 Å². The van der Waals surface area contributed by atoms with Crippen LogP contribution in [0.1, 0.15) is 71.1 Å². The summed E-state index contributed by atoms with van der Waals surface area (Å²) in [6.45, 7) is 2.52. The largest absolute Gasteiger partial charge is 0.621 e. The molecule has 2 fully saturated rings. The molecular weight excluding hydrogens is 367 g/mol. The molecule has 2 bridgehead atoms. The van der Waals surface area contributed by atoms with Gasteiger partial charge in [-0.25, -0.2) is 0 Å².